The minimum absolute atomic E-state index is 0.0537. The van der Waals surface area contributed by atoms with Crippen LogP contribution in [0.15, 0.2) is 47.5 Å². The predicted molar refractivity (Wildman–Crippen MR) is 98.5 cm³/mol. The van der Waals surface area contributed by atoms with Crippen LogP contribution in [-0.4, -0.2) is 38.8 Å². The van der Waals surface area contributed by atoms with E-state index < -0.39 is 5.82 Å². The number of amides is 1. The van der Waals surface area contributed by atoms with Crippen molar-refractivity contribution in [2.75, 3.05) is 13.1 Å². The van der Waals surface area contributed by atoms with Crippen LogP contribution < -0.4 is 4.74 Å². The van der Waals surface area contributed by atoms with E-state index in [1.54, 1.807) is 40.2 Å². The summed E-state index contributed by atoms with van der Waals surface area (Å²) in [5, 5.41) is 1.76. The second kappa shape index (κ2) is 7.79. The first-order valence-electron chi connectivity index (χ1n) is 8.62. The third-order valence-corrected chi connectivity index (χ3v) is 5.05. The second-order valence-electron chi connectivity index (χ2n) is 6.28. The van der Waals surface area contributed by atoms with Crippen LogP contribution in [-0.2, 0) is 0 Å². The molecule has 0 radical (unpaired) electrons. The van der Waals surface area contributed by atoms with Crippen LogP contribution in [0.3, 0.4) is 0 Å². The summed E-state index contributed by atoms with van der Waals surface area (Å²) in [5.74, 6) is -0.124. The van der Waals surface area contributed by atoms with Crippen molar-refractivity contribution in [2.24, 2.45) is 0 Å². The molecule has 4 rings (SSSR count). The SMILES string of the molecule is O=C(c1cscn1)N1CCC[C@H](c2cncc(Oc3ccccc3F)n2)C1. The third-order valence-electron chi connectivity index (χ3n) is 4.46. The van der Waals surface area contributed by atoms with Gasteiger partial charge in [0, 0.05) is 30.6 Å². The molecule has 0 aliphatic carbocycles. The molecule has 0 bridgehead atoms. The Morgan fingerprint density at radius 1 is 1.30 bits per heavy atom. The number of hydrogen-bond acceptors (Lipinski definition) is 6. The number of aromatic nitrogens is 3. The van der Waals surface area contributed by atoms with Gasteiger partial charge in [-0.2, -0.15) is 0 Å². The summed E-state index contributed by atoms with van der Waals surface area (Å²) in [6, 6.07) is 6.16. The fraction of sp³-hybridized carbons (Fsp3) is 0.263. The maximum atomic E-state index is 13.8. The van der Waals surface area contributed by atoms with Gasteiger partial charge in [-0.3, -0.25) is 9.78 Å². The Morgan fingerprint density at radius 2 is 2.19 bits per heavy atom. The second-order valence-corrected chi connectivity index (χ2v) is 7.00. The van der Waals surface area contributed by atoms with Crippen molar-refractivity contribution >= 4 is 17.2 Å². The highest BCUT2D eigenvalue weighted by Crippen LogP contribution is 2.28. The Bertz CT molecular complexity index is 935. The lowest BCUT2D eigenvalue weighted by atomic mass is 9.95. The van der Waals surface area contributed by atoms with Crippen LogP contribution in [0, 0.1) is 5.82 Å². The first-order chi connectivity index (χ1) is 13.2. The summed E-state index contributed by atoms with van der Waals surface area (Å²) in [6.07, 6.45) is 4.91. The number of para-hydroxylation sites is 1. The number of nitrogens with zero attached hydrogens (tertiary/aromatic N) is 4. The van der Waals surface area contributed by atoms with Crippen LogP contribution in [0.2, 0.25) is 0 Å². The molecule has 6 nitrogen and oxygen atoms in total. The van der Waals surface area contributed by atoms with Crippen molar-refractivity contribution in [2.45, 2.75) is 18.8 Å². The number of hydrogen-bond donors (Lipinski definition) is 0. The normalized spacial score (nSPS) is 16.9. The minimum atomic E-state index is -0.456. The van der Waals surface area contributed by atoms with Crippen LogP contribution >= 0.6 is 11.3 Å². The number of halogens is 1. The monoisotopic (exact) mass is 384 g/mol. The molecule has 1 atom stereocenters. The molecule has 1 fully saturated rings. The number of ether oxygens (including phenoxy) is 1. The van der Waals surface area contributed by atoms with E-state index in [9.17, 15) is 9.18 Å². The van der Waals surface area contributed by atoms with Gasteiger partial charge in [0.05, 0.1) is 17.4 Å². The molecule has 3 heterocycles. The molecule has 1 aromatic carbocycles. The molecule has 3 aromatic rings. The van der Waals surface area contributed by atoms with Crippen molar-refractivity contribution in [3.05, 3.63) is 64.8 Å². The molecular weight excluding hydrogens is 367 g/mol. The van der Waals surface area contributed by atoms with Crippen LogP contribution in [0.25, 0.3) is 0 Å². The van der Waals surface area contributed by atoms with E-state index in [0.717, 1.165) is 18.5 Å². The average molecular weight is 384 g/mol. The number of rotatable bonds is 4. The van der Waals surface area contributed by atoms with Crippen molar-refractivity contribution in [3.8, 4) is 11.6 Å². The smallest absolute Gasteiger partial charge is 0.273 e. The highest BCUT2D eigenvalue weighted by molar-refractivity contribution is 7.07. The fourth-order valence-electron chi connectivity index (χ4n) is 3.13. The van der Waals surface area contributed by atoms with E-state index in [1.807, 2.05) is 0 Å². The zero-order chi connectivity index (χ0) is 18.6. The summed E-state index contributed by atoms with van der Waals surface area (Å²) in [7, 11) is 0. The summed E-state index contributed by atoms with van der Waals surface area (Å²) in [4.78, 5) is 27.1. The maximum absolute atomic E-state index is 13.8. The van der Waals surface area contributed by atoms with E-state index in [4.69, 9.17) is 4.74 Å². The van der Waals surface area contributed by atoms with Gasteiger partial charge < -0.3 is 9.64 Å². The number of piperidine rings is 1. The van der Waals surface area contributed by atoms with E-state index in [-0.39, 0.29) is 23.5 Å². The Labute approximate surface area is 159 Å². The molecule has 1 aliphatic rings. The molecule has 1 saturated heterocycles. The lowest BCUT2D eigenvalue weighted by molar-refractivity contribution is 0.0700. The minimum Gasteiger partial charge on any atom is -0.434 e. The highest BCUT2D eigenvalue weighted by atomic mass is 32.1. The molecule has 2 aromatic heterocycles. The number of likely N-dealkylation sites (tertiary alicyclic amines) is 1. The van der Waals surface area contributed by atoms with Crippen molar-refractivity contribution in [1.29, 1.82) is 0 Å². The molecule has 1 aliphatic heterocycles. The molecule has 8 heteroatoms. The largest absolute Gasteiger partial charge is 0.434 e. The summed E-state index contributed by atoms with van der Waals surface area (Å²) < 4.78 is 19.3. The number of thiazole rings is 1. The van der Waals surface area contributed by atoms with E-state index in [0.29, 0.717) is 18.8 Å². The molecule has 0 N–H and O–H groups in total. The summed E-state index contributed by atoms with van der Waals surface area (Å²) in [6.45, 7) is 1.25. The van der Waals surface area contributed by atoms with E-state index in [2.05, 4.69) is 15.0 Å². The Hall–Kier alpha value is -2.87. The van der Waals surface area contributed by atoms with Gasteiger partial charge in [0.25, 0.3) is 5.91 Å². The molecular formula is C19H17FN4O2S. The van der Waals surface area contributed by atoms with Gasteiger partial charge in [0.15, 0.2) is 11.6 Å². The number of carbonyl (C=O) groups excluding carboxylic acids is 1. The van der Waals surface area contributed by atoms with Gasteiger partial charge in [-0.05, 0) is 25.0 Å². The molecule has 0 saturated carbocycles. The fourth-order valence-corrected chi connectivity index (χ4v) is 3.66. The van der Waals surface area contributed by atoms with Gasteiger partial charge in [0.1, 0.15) is 5.69 Å². The van der Waals surface area contributed by atoms with Gasteiger partial charge in [0.2, 0.25) is 5.88 Å². The molecule has 0 spiro atoms. The van der Waals surface area contributed by atoms with Gasteiger partial charge >= 0.3 is 0 Å². The molecule has 0 unspecified atom stereocenters. The topological polar surface area (TPSA) is 68.2 Å². The molecule has 138 valence electrons. The van der Waals surface area contributed by atoms with Gasteiger partial charge in [-0.15, -0.1) is 11.3 Å². The van der Waals surface area contributed by atoms with E-state index in [1.165, 1.54) is 23.6 Å². The average Bonchev–Trinajstić information content (AvgIpc) is 3.24. The zero-order valence-electron chi connectivity index (χ0n) is 14.4. The zero-order valence-corrected chi connectivity index (χ0v) is 15.2. The van der Waals surface area contributed by atoms with Crippen molar-refractivity contribution in [3.63, 3.8) is 0 Å². The van der Waals surface area contributed by atoms with Gasteiger partial charge in [-0.25, -0.2) is 14.4 Å². The van der Waals surface area contributed by atoms with E-state index >= 15 is 0 Å². The summed E-state index contributed by atoms with van der Waals surface area (Å²) >= 11 is 1.40. The van der Waals surface area contributed by atoms with Crippen LogP contribution in [0.4, 0.5) is 4.39 Å². The molecule has 1 amide bonds. The number of carbonyl (C=O) groups is 1. The lowest BCUT2D eigenvalue weighted by Gasteiger charge is -2.32. The van der Waals surface area contributed by atoms with Crippen molar-refractivity contribution < 1.29 is 13.9 Å². The number of benzene rings is 1. The van der Waals surface area contributed by atoms with Gasteiger partial charge in [-0.1, -0.05) is 12.1 Å². The Kier molecular flexibility index (Phi) is 5.06. The first-order valence-corrected chi connectivity index (χ1v) is 9.57. The first kappa shape index (κ1) is 17.5. The van der Waals surface area contributed by atoms with Crippen LogP contribution in [0.5, 0.6) is 11.6 Å². The Morgan fingerprint density at radius 3 is 3.00 bits per heavy atom. The standard InChI is InChI=1S/C19H17FN4O2S/c20-14-5-1-2-6-17(14)26-18-9-21-8-15(23-18)13-4-3-7-24(10-13)19(25)16-11-27-12-22-16/h1-2,5-6,8-9,11-13H,3-4,7,10H2/t13-/m0/s1. The quantitative estimate of drug-likeness (QED) is 0.683. The predicted octanol–water partition coefficient (Wildman–Crippen LogP) is 3.88. The lowest BCUT2D eigenvalue weighted by Crippen LogP contribution is -2.39. The summed E-state index contributed by atoms with van der Waals surface area (Å²) in [5.41, 5.74) is 2.87. The highest BCUT2D eigenvalue weighted by Gasteiger charge is 2.27. The Balaban J connectivity index is 1.50. The molecule has 27 heavy (non-hydrogen) atoms. The van der Waals surface area contributed by atoms with Crippen molar-refractivity contribution in [1.82, 2.24) is 19.9 Å². The van der Waals surface area contributed by atoms with Crippen LogP contribution in [0.1, 0.15) is 34.9 Å². The third kappa shape index (κ3) is 3.95. The maximum Gasteiger partial charge on any atom is 0.273 e.